The lowest BCUT2D eigenvalue weighted by Crippen LogP contribution is -2.50. The van der Waals surface area contributed by atoms with Crippen molar-refractivity contribution in [1.29, 1.82) is 0 Å². The number of carbonyl (C=O) groups excluding carboxylic acids is 2. The van der Waals surface area contributed by atoms with Crippen LogP contribution in [0.1, 0.15) is 38.3 Å². The molecule has 2 rings (SSSR count). The summed E-state index contributed by atoms with van der Waals surface area (Å²) < 4.78 is 5.23. The third-order valence-corrected chi connectivity index (χ3v) is 6.79. The van der Waals surface area contributed by atoms with Crippen LogP contribution in [0.3, 0.4) is 0 Å². The SMILES string of the molecule is CCC(C(=O)NCC(C)C)N(Cc1ccc(OC)cc1)C(=O)CSCc1ccc(Cl)c(Cl)c1. The highest BCUT2D eigenvalue weighted by Crippen LogP contribution is 2.25. The average molecular weight is 512 g/mol. The standard InChI is InChI=1S/C25H32Cl2N2O3S/c1-5-23(25(31)28-13-17(2)3)29(14-18-6-9-20(32-4)10-7-18)24(30)16-33-15-19-8-11-21(26)22(27)12-19/h6-12,17,23H,5,13-16H2,1-4H3,(H,28,31). The third kappa shape index (κ3) is 8.76. The van der Waals surface area contributed by atoms with E-state index in [9.17, 15) is 9.59 Å². The van der Waals surface area contributed by atoms with Gasteiger partial charge in [0, 0.05) is 18.8 Å². The van der Waals surface area contributed by atoms with Crippen LogP contribution in [0.2, 0.25) is 10.0 Å². The van der Waals surface area contributed by atoms with Crippen LogP contribution in [0, 0.1) is 5.92 Å². The van der Waals surface area contributed by atoms with Crippen molar-refractivity contribution in [3.8, 4) is 5.75 Å². The molecule has 0 fully saturated rings. The van der Waals surface area contributed by atoms with Gasteiger partial charge in [-0.05, 0) is 47.7 Å². The number of halogens is 2. The largest absolute Gasteiger partial charge is 0.497 e. The van der Waals surface area contributed by atoms with Crippen LogP contribution in [-0.2, 0) is 21.9 Å². The summed E-state index contributed by atoms with van der Waals surface area (Å²) in [7, 11) is 1.61. The lowest BCUT2D eigenvalue weighted by Gasteiger charge is -2.31. The molecule has 0 bridgehead atoms. The Morgan fingerprint density at radius 1 is 1.06 bits per heavy atom. The Balaban J connectivity index is 2.13. The number of hydrogen-bond acceptors (Lipinski definition) is 4. The summed E-state index contributed by atoms with van der Waals surface area (Å²) in [4.78, 5) is 27.9. The highest BCUT2D eigenvalue weighted by atomic mass is 35.5. The Hall–Kier alpha value is -1.89. The van der Waals surface area contributed by atoms with Crippen LogP contribution in [0.5, 0.6) is 5.75 Å². The summed E-state index contributed by atoms with van der Waals surface area (Å²) >= 11 is 13.6. The molecule has 2 aromatic carbocycles. The molecule has 0 aliphatic carbocycles. The van der Waals surface area contributed by atoms with E-state index in [1.807, 2.05) is 57.2 Å². The van der Waals surface area contributed by atoms with Gasteiger partial charge in [-0.3, -0.25) is 9.59 Å². The summed E-state index contributed by atoms with van der Waals surface area (Å²) in [6, 6.07) is 12.5. The van der Waals surface area contributed by atoms with Crippen molar-refractivity contribution in [2.75, 3.05) is 19.4 Å². The minimum absolute atomic E-state index is 0.0811. The first kappa shape index (κ1) is 27.4. The lowest BCUT2D eigenvalue weighted by atomic mass is 10.1. The van der Waals surface area contributed by atoms with Crippen LogP contribution in [0.4, 0.5) is 0 Å². The van der Waals surface area contributed by atoms with Crippen LogP contribution in [0.25, 0.3) is 0 Å². The Kier molecular flexibility index (Phi) is 11.4. The van der Waals surface area contributed by atoms with E-state index in [-0.39, 0.29) is 17.6 Å². The predicted molar refractivity (Wildman–Crippen MR) is 138 cm³/mol. The maximum absolute atomic E-state index is 13.3. The molecule has 2 amide bonds. The molecule has 0 aromatic heterocycles. The van der Waals surface area contributed by atoms with Gasteiger partial charge in [-0.15, -0.1) is 11.8 Å². The van der Waals surface area contributed by atoms with E-state index in [0.29, 0.717) is 41.2 Å². The van der Waals surface area contributed by atoms with Crippen LogP contribution in [0.15, 0.2) is 42.5 Å². The van der Waals surface area contributed by atoms with Gasteiger partial charge in [-0.25, -0.2) is 0 Å². The molecule has 0 heterocycles. The fourth-order valence-electron chi connectivity index (χ4n) is 3.24. The zero-order valence-corrected chi connectivity index (χ0v) is 21.9. The number of thioether (sulfide) groups is 1. The minimum Gasteiger partial charge on any atom is -0.497 e. The number of nitrogens with one attached hydrogen (secondary N) is 1. The Labute approximate surface area is 211 Å². The summed E-state index contributed by atoms with van der Waals surface area (Å²) in [6.45, 7) is 6.94. The molecule has 8 heteroatoms. The lowest BCUT2D eigenvalue weighted by molar-refractivity contribution is -0.139. The molecule has 1 atom stereocenters. The zero-order valence-electron chi connectivity index (χ0n) is 19.6. The maximum atomic E-state index is 13.3. The van der Waals surface area contributed by atoms with E-state index in [1.54, 1.807) is 18.1 Å². The van der Waals surface area contributed by atoms with E-state index in [2.05, 4.69) is 5.32 Å². The number of nitrogens with zero attached hydrogens (tertiary/aromatic N) is 1. The molecule has 0 aliphatic rings. The summed E-state index contributed by atoms with van der Waals surface area (Å²) in [5.74, 6) is 1.75. The normalized spacial score (nSPS) is 11.8. The summed E-state index contributed by atoms with van der Waals surface area (Å²) in [5.41, 5.74) is 1.93. The molecular weight excluding hydrogens is 479 g/mol. The molecule has 5 nitrogen and oxygen atoms in total. The molecule has 33 heavy (non-hydrogen) atoms. The van der Waals surface area contributed by atoms with E-state index in [1.165, 1.54) is 11.8 Å². The Morgan fingerprint density at radius 2 is 1.73 bits per heavy atom. The number of rotatable bonds is 12. The quantitative estimate of drug-likeness (QED) is 0.391. The van der Waals surface area contributed by atoms with E-state index < -0.39 is 6.04 Å². The number of methoxy groups -OCH3 is 1. The van der Waals surface area contributed by atoms with Gasteiger partial charge in [0.1, 0.15) is 11.8 Å². The first-order valence-electron chi connectivity index (χ1n) is 11.0. The molecular formula is C25H32Cl2N2O3S. The highest BCUT2D eigenvalue weighted by Gasteiger charge is 2.28. The fraction of sp³-hybridized carbons (Fsp3) is 0.440. The van der Waals surface area contributed by atoms with Gasteiger partial charge in [-0.2, -0.15) is 0 Å². The molecule has 1 N–H and O–H groups in total. The second-order valence-electron chi connectivity index (χ2n) is 8.17. The highest BCUT2D eigenvalue weighted by molar-refractivity contribution is 7.99. The molecule has 180 valence electrons. The Bertz CT molecular complexity index is 922. The first-order valence-corrected chi connectivity index (χ1v) is 12.9. The maximum Gasteiger partial charge on any atom is 0.242 e. The summed E-state index contributed by atoms with van der Waals surface area (Å²) in [5, 5.41) is 3.98. The monoisotopic (exact) mass is 510 g/mol. The average Bonchev–Trinajstić information content (AvgIpc) is 2.80. The number of carbonyl (C=O) groups is 2. The number of benzene rings is 2. The molecule has 0 spiro atoms. The topological polar surface area (TPSA) is 58.6 Å². The molecule has 2 aromatic rings. The van der Waals surface area contributed by atoms with Gasteiger partial charge in [0.2, 0.25) is 11.8 Å². The second kappa shape index (κ2) is 13.7. The van der Waals surface area contributed by atoms with E-state index in [0.717, 1.165) is 16.9 Å². The van der Waals surface area contributed by atoms with Crippen molar-refractivity contribution in [1.82, 2.24) is 10.2 Å². The van der Waals surface area contributed by atoms with Gasteiger partial charge < -0.3 is 15.0 Å². The van der Waals surface area contributed by atoms with E-state index in [4.69, 9.17) is 27.9 Å². The van der Waals surface area contributed by atoms with Gasteiger partial charge in [-0.1, -0.05) is 62.2 Å². The number of amides is 2. The molecule has 0 saturated carbocycles. The van der Waals surface area contributed by atoms with Crippen molar-refractivity contribution in [3.05, 3.63) is 63.6 Å². The Morgan fingerprint density at radius 3 is 2.30 bits per heavy atom. The first-order chi connectivity index (χ1) is 15.7. The minimum atomic E-state index is -0.538. The van der Waals surface area contributed by atoms with Gasteiger partial charge in [0.15, 0.2) is 0 Å². The molecule has 0 aliphatic heterocycles. The fourth-order valence-corrected chi connectivity index (χ4v) is 4.42. The number of hydrogen-bond donors (Lipinski definition) is 1. The molecule has 0 radical (unpaired) electrons. The molecule has 0 saturated heterocycles. The summed E-state index contributed by atoms with van der Waals surface area (Å²) in [6.07, 6.45) is 0.531. The number of ether oxygens (including phenoxy) is 1. The van der Waals surface area contributed by atoms with Gasteiger partial charge in [0.25, 0.3) is 0 Å². The smallest absolute Gasteiger partial charge is 0.242 e. The van der Waals surface area contributed by atoms with Crippen molar-refractivity contribution < 1.29 is 14.3 Å². The van der Waals surface area contributed by atoms with Crippen molar-refractivity contribution >= 4 is 46.8 Å². The molecule has 1 unspecified atom stereocenters. The van der Waals surface area contributed by atoms with Crippen LogP contribution < -0.4 is 10.1 Å². The predicted octanol–water partition coefficient (Wildman–Crippen LogP) is 5.81. The van der Waals surface area contributed by atoms with Crippen LogP contribution in [-0.4, -0.2) is 42.2 Å². The van der Waals surface area contributed by atoms with Crippen molar-refractivity contribution in [3.63, 3.8) is 0 Å². The zero-order chi connectivity index (χ0) is 24.4. The van der Waals surface area contributed by atoms with Crippen LogP contribution >= 0.6 is 35.0 Å². The van der Waals surface area contributed by atoms with Gasteiger partial charge in [0.05, 0.1) is 22.9 Å². The second-order valence-corrected chi connectivity index (χ2v) is 9.97. The van der Waals surface area contributed by atoms with Crippen molar-refractivity contribution in [2.45, 2.75) is 45.5 Å². The van der Waals surface area contributed by atoms with Gasteiger partial charge >= 0.3 is 0 Å². The third-order valence-electron chi connectivity index (χ3n) is 5.06. The van der Waals surface area contributed by atoms with Crippen molar-refractivity contribution in [2.24, 2.45) is 5.92 Å². The van der Waals surface area contributed by atoms with E-state index >= 15 is 0 Å².